The van der Waals surface area contributed by atoms with Gasteiger partial charge in [-0.1, -0.05) is 60.7 Å². The Hall–Kier alpha value is -5.08. The van der Waals surface area contributed by atoms with Crippen LogP contribution in [0.15, 0.2) is 133 Å². The van der Waals surface area contributed by atoms with Gasteiger partial charge in [-0.3, -0.25) is 0 Å². The van der Waals surface area contributed by atoms with Gasteiger partial charge in [0.25, 0.3) is 0 Å². The maximum Gasteiger partial charge on any atom is 0.0491 e. The van der Waals surface area contributed by atoms with E-state index in [1.807, 2.05) is 0 Å². The van der Waals surface area contributed by atoms with Crippen molar-refractivity contribution in [1.29, 1.82) is 0 Å². The van der Waals surface area contributed by atoms with E-state index >= 15 is 0 Å². The van der Waals surface area contributed by atoms with Crippen molar-refractivity contribution in [2.45, 2.75) is 41.5 Å². The molecule has 0 amide bonds. The molecule has 0 saturated heterocycles. The summed E-state index contributed by atoms with van der Waals surface area (Å²) in [5.74, 6) is 0. The van der Waals surface area contributed by atoms with Crippen molar-refractivity contribution in [3.05, 3.63) is 167 Å². The Kier molecular flexibility index (Phi) is 8.09. The first kappa shape index (κ1) is 29.0. The molecule has 0 aliphatic rings. The molecule has 0 bridgehead atoms. The minimum absolute atomic E-state index is 1.17. The molecule has 0 saturated carbocycles. The van der Waals surface area contributed by atoms with Crippen LogP contribution >= 0.6 is 0 Å². The molecule has 6 aromatic carbocycles. The van der Waals surface area contributed by atoms with Crippen LogP contribution in [0.25, 0.3) is 11.1 Å². The largest absolute Gasteiger partial charge is 0.310 e. The predicted octanol–water partition coefficient (Wildman–Crippen LogP) is 12.1. The third-order valence-electron chi connectivity index (χ3n) is 8.25. The van der Waals surface area contributed by atoms with Crippen LogP contribution in [-0.2, 0) is 0 Å². The summed E-state index contributed by atoms with van der Waals surface area (Å²) in [5.41, 5.74) is 16.9. The molecule has 44 heavy (non-hydrogen) atoms. The fourth-order valence-electron chi connectivity index (χ4n) is 6.09. The molecule has 6 aromatic rings. The molecular formula is C42H40N2. The second kappa shape index (κ2) is 12.3. The van der Waals surface area contributed by atoms with Gasteiger partial charge in [0.05, 0.1) is 0 Å². The van der Waals surface area contributed by atoms with Crippen molar-refractivity contribution in [3.8, 4) is 11.1 Å². The zero-order valence-corrected chi connectivity index (χ0v) is 26.6. The van der Waals surface area contributed by atoms with E-state index in [0.717, 1.165) is 0 Å². The average Bonchev–Trinajstić information content (AvgIpc) is 2.99. The number of benzene rings is 6. The minimum Gasteiger partial charge on any atom is -0.310 e. The molecule has 0 atom stereocenters. The summed E-state index contributed by atoms with van der Waals surface area (Å²) >= 11 is 0. The number of hydrogen-bond donors (Lipinski definition) is 0. The molecule has 0 unspecified atom stereocenters. The predicted molar refractivity (Wildman–Crippen MR) is 190 cm³/mol. The zero-order valence-electron chi connectivity index (χ0n) is 26.6. The van der Waals surface area contributed by atoms with Gasteiger partial charge in [-0.15, -0.1) is 0 Å². The van der Waals surface area contributed by atoms with Gasteiger partial charge in [-0.05, 0) is 159 Å². The topological polar surface area (TPSA) is 6.48 Å². The molecule has 0 spiro atoms. The van der Waals surface area contributed by atoms with Crippen LogP contribution < -0.4 is 9.80 Å². The first-order valence-electron chi connectivity index (χ1n) is 15.4. The van der Waals surface area contributed by atoms with Crippen molar-refractivity contribution in [1.82, 2.24) is 0 Å². The number of aryl methyl sites for hydroxylation is 6. The molecular weight excluding hydrogens is 532 g/mol. The van der Waals surface area contributed by atoms with Crippen LogP contribution in [0.2, 0.25) is 0 Å². The lowest BCUT2D eigenvalue weighted by atomic mass is 9.98. The summed E-state index contributed by atoms with van der Waals surface area (Å²) in [5, 5.41) is 0. The summed E-state index contributed by atoms with van der Waals surface area (Å²) < 4.78 is 0. The van der Waals surface area contributed by atoms with Crippen molar-refractivity contribution < 1.29 is 0 Å². The monoisotopic (exact) mass is 572 g/mol. The van der Waals surface area contributed by atoms with Gasteiger partial charge in [0, 0.05) is 34.1 Å². The molecule has 2 nitrogen and oxygen atoms in total. The molecule has 0 heterocycles. The molecule has 6 rings (SSSR count). The third-order valence-corrected chi connectivity index (χ3v) is 8.25. The summed E-state index contributed by atoms with van der Waals surface area (Å²) in [6, 6.07) is 48.6. The van der Waals surface area contributed by atoms with Crippen molar-refractivity contribution in [2.24, 2.45) is 0 Å². The van der Waals surface area contributed by atoms with E-state index in [0.29, 0.717) is 0 Å². The Balaban J connectivity index is 1.40. The molecule has 0 fully saturated rings. The highest BCUT2D eigenvalue weighted by Gasteiger charge is 2.18. The number of nitrogens with zero attached hydrogens (tertiary/aromatic N) is 2. The van der Waals surface area contributed by atoms with Crippen LogP contribution in [0, 0.1) is 41.5 Å². The second-order valence-electron chi connectivity index (χ2n) is 12.0. The van der Waals surface area contributed by atoms with Gasteiger partial charge in [0.1, 0.15) is 0 Å². The van der Waals surface area contributed by atoms with Gasteiger partial charge >= 0.3 is 0 Å². The van der Waals surface area contributed by atoms with Crippen LogP contribution in [0.3, 0.4) is 0 Å². The average molecular weight is 573 g/mol. The quantitative estimate of drug-likeness (QED) is 0.188. The Bertz CT molecular complexity index is 1720. The molecule has 0 aliphatic carbocycles. The Labute approximate surface area is 262 Å². The lowest BCUT2D eigenvalue weighted by Gasteiger charge is -2.28. The number of anilines is 6. The Morgan fingerprint density at radius 1 is 0.318 bits per heavy atom. The molecule has 218 valence electrons. The maximum atomic E-state index is 2.37. The van der Waals surface area contributed by atoms with Crippen molar-refractivity contribution >= 4 is 34.1 Å². The van der Waals surface area contributed by atoms with Gasteiger partial charge in [-0.2, -0.15) is 0 Å². The molecule has 2 heteroatoms. The molecule has 0 N–H and O–H groups in total. The molecule has 0 radical (unpaired) electrons. The van der Waals surface area contributed by atoms with Gasteiger partial charge in [0.15, 0.2) is 0 Å². The highest BCUT2D eigenvalue weighted by molar-refractivity contribution is 5.83. The van der Waals surface area contributed by atoms with E-state index < -0.39 is 0 Å². The van der Waals surface area contributed by atoms with E-state index in [4.69, 9.17) is 0 Å². The fourth-order valence-corrected chi connectivity index (χ4v) is 6.09. The second-order valence-corrected chi connectivity index (χ2v) is 12.0. The van der Waals surface area contributed by atoms with Crippen LogP contribution in [0.5, 0.6) is 0 Å². The molecule has 0 aromatic heterocycles. The van der Waals surface area contributed by atoms with E-state index in [9.17, 15) is 0 Å². The summed E-state index contributed by atoms with van der Waals surface area (Å²) in [6.07, 6.45) is 0. The smallest absolute Gasteiger partial charge is 0.0491 e. The Morgan fingerprint density at radius 2 is 0.614 bits per heavy atom. The number of rotatable bonds is 7. The fraction of sp³-hybridized carbons (Fsp3) is 0.143. The minimum atomic E-state index is 1.17. The lowest BCUT2D eigenvalue weighted by molar-refractivity contribution is 1.23. The first-order valence-corrected chi connectivity index (χ1v) is 15.4. The van der Waals surface area contributed by atoms with Crippen LogP contribution in [0.4, 0.5) is 34.1 Å². The zero-order chi connectivity index (χ0) is 30.8. The van der Waals surface area contributed by atoms with Crippen LogP contribution in [-0.4, -0.2) is 0 Å². The normalized spacial score (nSPS) is 11.0. The van der Waals surface area contributed by atoms with Crippen molar-refractivity contribution in [2.75, 3.05) is 9.80 Å². The first-order chi connectivity index (χ1) is 21.3. The maximum absolute atomic E-state index is 2.37. The standard InChI is InChI=1S/C42H40N2/c1-29-11-7-15-37(23-29)43(38-16-8-12-30(2)24-38)41-21-19-35(27-33(41)5)36-20-22-42(34(6)28-36)44(39-17-9-13-31(3)25-39)40-18-10-14-32(4)26-40/h7-28H,1-6H3. The number of hydrogen-bond acceptors (Lipinski definition) is 2. The summed E-state index contributed by atoms with van der Waals surface area (Å²) in [6.45, 7) is 13.0. The van der Waals surface area contributed by atoms with Crippen molar-refractivity contribution in [3.63, 3.8) is 0 Å². The van der Waals surface area contributed by atoms with Gasteiger partial charge in [-0.25, -0.2) is 0 Å². The van der Waals surface area contributed by atoms with Gasteiger partial charge in [0.2, 0.25) is 0 Å². The SMILES string of the molecule is Cc1cccc(N(c2cccc(C)c2)c2ccc(-c3ccc(N(c4cccc(C)c4)c4cccc(C)c4)c(C)c3)cc2C)c1. The van der Waals surface area contributed by atoms with Gasteiger partial charge < -0.3 is 9.80 Å². The van der Waals surface area contributed by atoms with E-state index in [2.05, 4.69) is 185 Å². The third kappa shape index (κ3) is 6.02. The highest BCUT2D eigenvalue weighted by Crippen LogP contribution is 2.41. The van der Waals surface area contributed by atoms with E-state index in [1.54, 1.807) is 0 Å². The lowest BCUT2D eigenvalue weighted by Crippen LogP contribution is -2.12. The van der Waals surface area contributed by atoms with E-state index in [1.165, 1.54) is 78.6 Å². The summed E-state index contributed by atoms with van der Waals surface area (Å²) in [4.78, 5) is 4.74. The van der Waals surface area contributed by atoms with E-state index in [-0.39, 0.29) is 0 Å². The highest BCUT2D eigenvalue weighted by atomic mass is 15.1. The Morgan fingerprint density at radius 3 is 0.864 bits per heavy atom. The summed E-state index contributed by atoms with van der Waals surface area (Å²) in [7, 11) is 0. The van der Waals surface area contributed by atoms with Crippen LogP contribution in [0.1, 0.15) is 33.4 Å². The molecule has 0 aliphatic heterocycles.